The van der Waals surface area contributed by atoms with E-state index in [9.17, 15) is 0 Å². The van der Waals surface area contributed by atoms with Crippen molar-refractivity contribution < 1.29 is 0 Å². The summed E-state index contributed by atoms with van der Waals surface area (Å²) in [5.74, 6) is 0.864. The van der Waals surface area contributed by atoms with E-state index in [0.29, 0.717) is 6.54 Å². The first-order valence-corrected chi connectivity index (χ1v) is 6.85. The molecule has 0 aliphatic rings. The summed E-state index contributed by atoms with van der Waals surface area (Å²) in [4.78, 5) is 4.33. The minimum Gasteiger partial charge on any atom is -0.363 e. The third kappa shape index (κ3) is 3.29. The molecule has 4 nitrogen and oxygen atoms in total. The van der Waals surface area contributed by atoms with Crippen LogP contribution in [0.25, 0.3) is 0 Å². The number of nitrogens with zero attached hydrogens (tertiary/aromatic N) is 3. The van der Waals surface area contributed by atoms with Crippen LogP contribution in [0.15, 0.2) is 33.5 Å². The molecule has 0 radical (unpaired) electrons. The average molecular weight is 360 g/mol. The molecule has 0 saturated carbocycles. The molecule has 0 saturated heterocycles. The van der Waals surface area contributed by atoms with Crippen molar-refractivity contribution >= 4 is 37.7 Å². The van der Waals surface area contributed by atoms with E-state index in [1.54, 1.807) is 6.20 Å². The van der Waals surface area contributed by atoms with Crippen molar-refractivity contribution in [1.82, 2.24) is 14.8 Å². The van der Waals surface area contributed by atoms with Gasteiger partial charge in [-0.1, -0.05) is 0 Å². The number of aromatic nitrogens is 3. The first-order valence-electron chi connectivity index (χ1n) is 5.26. The highest BCUT2D eigenvalue weighted by molar-refractivity contribution is 9.11. The van der Waals surface area contributed by atoms with Gasteiger partial charge in [-0.3, -0.25) is 9.67 Å². The Kier molecular flexibility index (Phi) is 4.17. The van der Waals surface area contributed by atoms with E-state index < -0.39 is 0 Å². The van der Waals surface area contributed by atoms with Gasteiger partial charge in [0.15, 0.2) is 0 Å². The zero-order valence-electron chi connectivity index (χ0n) is 9.32. The summed E-state index contributed by atoms with van der Waals surface area (Å²) in [5, 5.41) is 7.58. The highest BCUT2D eigenvalue weighted by atomic mass is 79.9. The lowest BCUT2D eigenvalue weighted by Crippen LogP contribution is -2.04. The van der Waals surface area contributed by atoms with E-state index in [-0.39, 0.29) is 0 Å². The van der Waals surface area contributed by atoms with Gasteiger partial charge in [-0.05, 0) is 44.8 Å². The van der Waals surface area contributed by atoms with Crippen LogP contribution in [-0.4, -0.2) is 14.8 Å². The number of hydrogen-bond donors (Lipinski definition) is 1. The largest absolute Gasteiger partial charge is 0.363 e. The summed E-state index contributed by atoms with van der Waals surface area (Å²) in [7, 11) is 0. The Bertz CT molecular complexity index is 510. The normalized spacial score (nSPS) is 10.5. The van der Waals surface area contributed by atoms with Crippen molar-refractivity contribution in [1.29, 1.82) is 0 Å². The second kappa shape index (κ2) is 5.64. The highest BCUT2D eigenvalue weighted by Gasteiger charge is 2.03. The SMILES string of the molecule is CCn1ccc(NCc2ncc(Br)cc2Br)n1. The topological polar surface area (TPSA) is 42.7 Å². The maximum absolute atomic E-state index is 4.34. The molecule has 0 aliphatic carbocycles. The Morgan fingerprint density at radius 2 is 2.24 bits per heavy atom. The van der Waals surface area contributed by atoms with Crippen LogP contribution in [0.2, 0.25) is 0 Å². The minimum atomic E-state index is 0.647. The van der Waals surface area contributed by atoms with Gasteiger partial charge in [-0.15, -0.1) is 0 Å². The first-order chi connectivity index (χ1) is 8.19. The summed E-state index contributed by atoms with van der Waals surface area (Å²) < 4.78 is 3.82. The van der Waals surface area contributed by atoms with E-state index >= 15 is 0 Å². The predicted molar refractivity (Wildman–Crippen MR) is 74.9 cm³/mol. The molecule has 0 bridgehead atoms. The summed E-state index contributed by atoms with van der Waals surface area (Å²) in [6.07, 6.45) is 3.73. The van der Waals surface area contributed by atoms with Gasteiger partial charge in [0.25, 0.3) is 0 Å². The molecule has 0 atom stereocenters. The molecule has 0 aliphatic heterocycles. The third-order valence-electron chi connectivity index (χ3n) is 2.29. The number of rotatable bonds is 4. The van der Waals surface area contributed by atoms with Crippen LogP contribution in [0.1, 0.15) is 12.6 Å². The van der Waals surface area contributed by atoms with Crippen molar-refractivity contribution in [3.8, 4) is 0 Å². The van der Waals surface area contributed by atoms with Gasteiger partial charge in [-0.2, -0.15) is 5.10 Å². The van der Waals surface area contributed by atoms with E-state index in [4.69, 9.17) is 0 Å². The second-order valence-corrected chi connectivity index (χ2v) is 5.26. The second-order valence-electron chi connectivity index (χ2n) is 3.49. The van der Waals surface area contributed by atoms with E-state index in [1.807, 2.05) is 23.0 Å². The Labute approximate surface area is 117 Å². The van der Waals surface area contributed by atoms with Crippen LogP contribution >= 0.6 is 31.9 Å². The number of hydrogen-bond acceptors (Lipinski definition) is 3. The number of anilines is 1. The zero-order valence-corrected chi connectivity index (χ0v) is 12.5. The molecule has 0 amide bonds. The van der Waals surface area contributed by atoms with Crippen molar-refractivity contribution in [3.63, 3.8) is 0 Å². The lowest BCUT2D eigenvalue weighted by molar-refractivity contribution is 0.661. The number of pyridine rings is 1. The van der Waals surface area contributed by atoms with Crippen molar-refractivity contribution in [2.75, 3.05) is 5.32 Å². The molecular weight excluding hydrogens is 348 g/mol. The van der Waals surface area contributed by atoms with Crippen LogP contribution in [0.4, 0.5) is 5.82 Å². The Morgan fingerprint density at radius 1 is 1.41 bits per heavy atom. The van der Waals surface area contributed by atoms with E-state index in [1.165, 1.54) is 0 Å². The zero-order chi connectivity index (χ0) is 12.3. The van der Waals surface area contributed by atoms with Crippen molar-refractivity contribution in [2.24, 2.45) is 0 Å². The smallest absolute Gasteiger partial charge is 0.148 e. The number of nitrogens with one attached hydrogen (secondary N) is 1. The fourth-order valence-corrected chi connectivity index (χ4v) is 2.51. The molecule has 2 aromatic rings. The Hall–Kier alpha value is -0.880. The van der Waals surface area contributed by atoms with Gasteiger partial charge >= 0.3 is 0 Å². The molecular formula is C11H12Br2N4. The molecule has 17 heavy (non-hydrogen) atoms. The molecule has 2 aromatic heterocycles. The lowest BCUT2D eigenvalue weighted by atomic mass is 10.3. The summed E-state index contributed by atoms with van der Waals surface area (Å²) in [5.41, 5.74) is 0.958. The van der Waals surface area contributed by atoms with Gasteiger partial charge < -0.3 is 5.32 Å². The molecule has 1 N–H and O–H groups in total. The van der Waals surface area contributed by atoms with Crippen LogP contribution in [0, 0.1) is 0 Å². The minimum absolute atomic E-state index is 0.647. The first kappa shape index (κ1) is 12.6. The maximum atomic E-state index is 4.34. The Balaban J connectivity index is 2.02. The van der Waals surface area contributed by atoms with Crippen LogP contribution in [0.5, 0.6) is 0 Å². The quantitative estimate of drug-likeness (QED) is 0.909. The van der Waals surface area contributed by atoms with Gasteiger partial charge in [-0.25, -0.2) is 0 Å². The molecule has 2 rings (SSSR count). The molecule has 0 unspecified atom stereocenters. The van der Waals surface area contributed by atoms with Gasteiger partial charge in [0.05, 0.1) is 12.2 Å². The standard InChI is InChI=1S/C11H12Br2N4/c1-2-17-4-3-11(16-17)15-7-10-9(13)5-8(12)6-14-10/h3-6H,2,7H2,1H3,(H,15,16). The highest BCUT2D eigenvalue weighted by Crippen LogP contribution is 2.20. The molecule has 0 fully saturated rings. The number of aryl methyl sites for hydroxylation is 1. The van der Waals surface area contributed by atoms with E-state index in [0.717, 1.165) is 27.0 Å². The lowest BCUT2D eigenvalue weighted by Gasteiger charge is -2.05. The summed E-state index contributed by atoms with van der Waals surface area (Å²) in [6, 6.07) is 3.94. The number of halogens is 2. The van der Waals surface area contributed by atoms with Crippen LogP contribution < -0.4 is 5.32 Å². The molecule has 0 aromatic carbocycles. The van der Waals surface area contributed by atoms with Gasteiger partial charge in [0.1, 0.15) is 5.82 Å². The summed E-state index contributed by atoms with van der Waals surface area (Å²) >= 11 is 6.86. The summed E-state index contributed by atoms with van der Waals surface area (Å²) in [6.45, 7) is 3.58. The van der Waals surface area contributed by atoms with Crippen molar-refractivity contribution in [3.05, 3.63) is 39.2 Å². The maximum Gasteiger partial charge on any atom is 0.148 e. The van der Waals surface area contributed by atoms with Gasteiger partial charge in [0, 0.05) is 34.0 Å². The van der Waals surface area contributed by atoms with Crippen molar-refractivity contribution in [2.45, 2.75) is 20.0 Å². The average Bonchev–Trinajstić information content (AvgIpc) is 2.76. The molecule has 0 spiro atoms. The molecule has 6 heteroatoms. The molecule has 2 heterocycles. The van der Waals surface area contributed by atoms with Crippen LogP contribution in [0.3, 0.4) is 0 Å². The Morgan fingerprint density at radius 3 is 2.88 bits per heavy atom. The van der Waals surface area contributed by atoms with E-state index in [2.05, 4.69) is 54.2 Å². The monoisotopic (exact) mass is 358 g/mol. The fraction of sp³-hybridized carbons (Fsp3) is 0.273. The third-order valence-corrected chi connectivity index (χ3v) is 3.41. The van der Waals surface area contributed by atoms with Crippen LogP contribution in [-0.2, 0) is 13.1 Å². The van der Waals surface area contributed by atoms with Gasteiger partial charge in [0.2, 0.25) is 0 Å². The fourth-order valence-electron chi connectivity index (χ4n) is 1.38. The molecule has 90 valence electrons. The predicted octanol–water partition coefficient (Wildman–Crippen LogP) is 3.44.